The number of aliphatic hydroxyl groups excluding tert-OH is 1. The number of nitrogens with zero attached hydrogens (tertiary/aromatic N) is 4. The van der Waals surface area contributed by atoms with Crippen LogP contribution >= 0.6 is 11.8 Å². The Morgan fingerprint density at radius 3 is 3.17 bits per heavy atom. The van der Waals surface area contributed by atoms with E-state index in [1.807, 2.05) is 0 Å². The van der Waals surface area contributed by atoms with Crippen molar-refractivity contribution < 1.29 is 9.84 Å². The Morgan fingerprint density at radius 1 is 1.61 bits per heavy atom. The molecule has 1 aliphatic rings. The van der Waals surface area contributed by atoms with Gasteiger partial charge in [-0.2, -0.15) is 0 Å². The van der Waals surface area contributed by atoms with Crippen LogP contribution in [-0.2, 0) is 11.3 Å². The standard InChI is InChI=1S/C10H19N5O2S/c1-17-6-9(16)7-18-10-12-13-14-15(10)5-4-11-8-2-3-8/h8-9,11,16H,2-7H2,1H3. The zero-order valence-corrected chi connectivity index (χ0v) is 11.3. The van der Waals surface area contributed by atoms with E-state index in [0.29, 0.717) is 18.4 Å². The molecule has 7 nitrogen and oxygen atoms in total. The maximum absolute atomic E-state index is 9.56. The summed E-state index contributed by atoms with van der Waals surface area (Å²) in [6.07, 6.45) is 2.07. The Labute approximate surface area is 110 Å². The van der Waals surface area contributed by atoms with E-state index in [-0.39, 0.29) is 0 Å². The highest BCUT2D eigenvalue weighted by Gasteiger charge is 2.20. The van der Waals surface area contributed by atoms with Gasteiger partial charge in [0.1, 0.15) is 0 Å². The molecule has 0 radical (unpaired) electrons. The Hall–Kier alpha value is -0.700. The number of hydrogen-bond acceptors (Lipinski definition) is 7. The van der Waals surface area contributed by atoms with Crippen molar-refractivity contribution in [3.05, 3.63) is 0 Å². The van der Waals surface area contributed by atoms with Crippen LogP contribution in [0.25, 0.3) is 0 Å². The van der Waals surface area contributed by atoms with Crippen LogP contribution in [0.3, 0.4) is 0 Å². The SMILES string of the molecule is COCC(O)CSc1nnnn1CCNC1CC1. The predicted molar refractivity (Wildman–Crippen MR) is 67.4 cm³/mol. The molecular formula is C10H19N5O2S. The summed E-state index contributed by atoms with van der Waals surface area (Å²) >= 11 is 1.45. The minimum absolute atomic E-state index is 0.331. The fourth-order valence-corrected chi connectivity index (χ4v) is 2.32. The Kier molecular flexibility index (Phi) is 5.36. The third kappa shape index (κ3) is 4.52. The maximum atomic E-state index is 9.56. The summed E-state index contributed by atoms with van der Waals surface area (Å²) in [6, 6.07) is 0.695. The Bertz CT molecular complexity index is 358. The van der Waals surface area contributed by atoms with Crippen molar-refractivity contribution in [3.63, 3.8) is 0 Å². The molecule has 0 aromatic carbocycles. The monoisotopic (exact) mass is 273 g/mol. The van der Waals surface area contributed by atoms with Crippen LogP contribution in [0.2, 0.25) is 0 Å². The zero-order valence-electron chi connectivity index (χ0n) is 10.4. The van der Waals surface area contributed by atoms with Gasteiger partial charge >= 0.3 is 0 Å². The van der Waals surface area contributed by atoms with Crippen LogP contribution < -0.4 is 5.32 Å². The molecule has 0 aliphatic heterocycles. The lowest BCUT2D eigenvalue weighted by Crippen LogP contribution is -2.23. The molecule has 1 aromatic rings. The Balaban J connectivity index is 1.71. The lowest BCUT2D eigenvalue weighted by atomic mass is 10.4. The summed E-state index contributed by atoms with van der Waals surface area (Å²) in [4.78, 5) is 0. The summed E-state index contributed by atoms with van der Waals surface area (Å²) in [5, 5.41) is 25.3. The summed E-state index contributed by atoms with van der Waals surface area (Å²) in [7, 11) is 1.57. The van der Waals surface area contributed by atoms with Crippen LogP contribution in [0, 0.1) is 0 Å². The van der Waals surface area contributed by atoms with E-state index in [9.17, 15) is 5.11 Å². The molecule has 18 heavy (non-hydrogen) atoms. The molecule has 1 atom stereocenters. The van der Waals surface area contributed by atoms with Gasteiger partial charge in [-0.25, -0.2) is 4.68 Å². The molecule has 1 fully saturated rings. The van der Waals surface area contributed by atoms with E-state index < -0.39 is 6.10 Å². The highest BCUT2D eigenvalue weighted by Crippen LogP contribution is 2.18. The highest BCUT2D eigenvalue weighted by atomic mass is 32.2. The van der Waals surface area contributed by atoms with Crippen LogP contribution in [0.4, 0.5) is 0 Å². The van der Waals surface area contributed by atoms with Crippen LogP contribution in [0.15, 0.2) is 5.16 Å². The fraction of sp³-hybridized carbons (Fsp3) is 0.900. The van der Waals surface area contributed by atoms with E-state index in [1.165, 1.54) is 24.6 Å². The van der Waals surface area contributed by atoms with Crippen molar-refractivity contribution in [2.75, 3.05) is 26.0 Å². The first-order valence-corrected chi connectivity index (χ1v) is 7.07. The highest BCUT2D eigenvalue weighted by molar-refractivity contribution is 7.99. The number of tetrazole rings is 1. The number of hydrogen-bond donors (Lipinski definition) is 2. The van der Waals surface area contributed by atoms with E-state index in [4.69, 9.17) is 4.74 Å². The van der Waals surface area contributed by atoms with Gasteiger partial charge in [0, 0.05) is 25.4 Å². The van der Waals surface area contributed by atoms with Gasteiger partial charge in [-0.05, 0) is 23.3 Å². The number of rotatable bonds is 9. The van der Waals surface area contributed by atoms with Gasteiger partial charge in [0.25, 0.3) is 0 Å². The van der Waals surface area contributed by atoms with E-state index >= 15 is 0 Å². The fourth-order valence-electron chi connectivity index (χ4n) is 1.51. The molecule has 1 saturated carbocycles. The van der Waals surface area contributed by atoms with Gasteiger partial charge in [0.15, 0.2) is 0 Å². The van der Waals surface area contributed by atoms with Crippen LogP contribution in [0.5, 0.6) is 0 Å². The van der Waals surface area contributed by atoms with Crippen molar-refractivity contribution in [2.24, 2.45) is 0 Å². The topological polar surface area (TPSA) is 85.1 Å². The minimum Gasteiger partial charge on any atom is -0.390 e. The summed E-state index contributed by atoms with van der Waals surface area (Å²) in [6.45, 7) is 1.97. The first kappa shape index (κ1) is 13.7. The Morgan fingerprint density at radius 2 is 2.44 bits per heavy atom. The lowest BCUT2D eigenvalue weighted by molar-refractivity contribution is 0.0793. The maximum Gasteiger partial charge on any atom is 0.209 e. The molecule has 0 bridgehead atoms. The van der Waals surface area contributed by atoms with E-state index in [2.05, 4.69) is 20.8 Å². The number of aromatic nitrogens is 4. The van der Waals surface area contributed by atoms with Gasteiger partial charge in [0.2, 0.25) is 5.16 Å². The smallest absolute Gasteiger partial charge is 0.209 e. The molecule has 0 saturated heterocycles. The van der Waals surface area contributed by atoms with E-state index in [0.717, 1.165) is 18.2 Å². The summed E-state index contributed by atoms with van der Waals surface area (Å²) in [5.74, 6) is 0.532. The second-order valence-electron chi connectivity index (χ2n) is 4.33. The number of nitrogens with one attached hydrogen (secondary N) is 1. The van der Waals surface area contributed by atoms with Gasteiger partial charge in [-0.1, -0.05) is 11.8 Å². The second kappa shape index (κ2) is 7.03. The van der Waals surface area contributed by atoms with Crippen LogP contribution in [-0.4, -0.2) is 63.5 Å². The van der Waals surface area contributed by atoms with Crippen molar-refractivity contribution in [3.8, 4) is 0 Å². The van der Waals surface area contributed by atoms with Gasteiger partial charge < -0.3 is 15.2 Å². The molecule has 1 unspecified atom stereocenters. The first-order valence-electron chi connectivity index (χ1n) is 6.09. The average molecular weight is 273 g/mol. The van der Waals surface area contributed by atoms with Gasteiger partial charge in [-0.15, -0.1) is 5.10 Å². The molecule has 102 valence electrons. The number of aliphatic hydroxyl groups is 1. The van der Waals surface area contributed by atoms with Crippen molar-refractivity contribution in [2.45, 2.75) is 36.7 Å². The van der Waals surface area contributed by atoms with E-state index in [1.54, 1.807) is 11.8 Å². The zero-order chi connectivity index (χ0) is 12.8. The van der Waals surface area contributed by atoms with Crippen molar-refractivity contribution >= 4 is 11.8 Å². The predicted octanol–water partition coefficient (Wildman–Crippen LogP) is -0.475. The quantitative estimate of drug-likeness (QED) is 0.588. The summed E-state index contributed by atoms with van der Waals surface area (Å²) in [5.41, 5.74) is 0. The van der Waals surface area contributed by atoms with Crippen molar-refractivity contribution in [1.82, 2.24) is 25.5 Å². The number of ether oxygens (including phenoxy) is 1. The summed E-state index contributed by atoms with van der Waals surface area (Å²) < 4.78 is 6.63. The minimum atomic E-state index is -0.491. The molecule has 2 N–H and O–H groups in total. The molecule has 8 heteroatoms. The molecule has 0 amide bonds. The number of thioether (sulfide) groups is 1. The normalized spacial score (nSPS) is 17.0. The molecule has 1 heterocycles. The third-order valence-electron chi connectivity index (χ3n) is 2.60. The molecule has 1 aromatic heterocycles. The molecule has 2 rings (SSSR count). The van der Waals surface area contributed by atoms with Crippen LogP contribution in [0.1, 0.15) is 12.8 Å². The largest absolute Gasteiger partial charge is 0.390 e. The lowest BCUT2D eigenvalue weighted by Gasteiger charge is -2.08. The van der Waals surface area contributed by atoms with Crippen molar-refractivity contribution in [1.29, 1.82) is 0 Å². The second-order valence-corrected chi connectivity index (χ2v) is 5.32. The third-order valence-corrected chi connectivity index (χ3v) is 3.70. The first-order chi connectivity index (χ1) is 8.79. The average Bonchev–Trinajstić information content (AvgIpc) is 3.06. The number of methoxy groups -OCH3 is 1. The molecule has 0 spiro atoms. The van der Waals surface area contributed by atoms with Gasteiger partial charge in [-0.3, -0.25) is 0 Å². The van der Waals surface area contributed by atoms with Gasteiger partial charge in [0.05, 0.1) is 19.3 Å². The molecular weight excluding hydrogens is 254 g/mol. The molecule has 1 aliphatic carbocycles.